The minimum atomic E-state index is 0.623. The average molecular weight is 258 g/mol. The molecule has 1 atom stereocenters. The molecular formula is C13H20ClNS. The van der Waals surface area contributed by atoms with Crippen molar-refractivity contribution in [2.45, 2.75) is 44.6 Å². The van der Waals surface area contributed by atoms with Gasteiger partial charge in [-0.1, -0.05) is 37.3 Å². The number of halogens is 1. The smallest absolute Gasteiger partial charge is 0.0931 e. The van der Waals surface area contributed by atoms with Gasteiger partial charge in [-0.25, -0.2) is 0 Å². The predicted molar refractivity (Wildman–Crippen MR) is 72.5 cm³/mol. The Bertz CT molecular complexity index is 317. The maximum Gasteiger partial charge on any atom is 0.0931 e. The highest BCUT2D eigenvalue weighted by Gasteiger charge is 2.19. The fraction of sp³-hybridized carbons (Fsp3) is 0.692. The number of thiophene rings is 1. The molecule has 0 amide bonds. The van der Waals surface area contributed by atoms with E-state index in [1.807, 2.05) is 6.07 Å². The molecule has 1 fully saturated rings. The summed E-state index contributed by atoms with van der Waals surface area (Å²) in [6.07, 6.45) is 8.20. The van der Waals surface area contributed by atoms with E-state index in [9.17, 15) is 0 Å². The third kappa shape index (κ3) is 3.47. The molecule has 16 heavy (non-hydrogen) atoms. The first-order valence-corrected chi connectivity index (χ1v) is 7.39. The largest absolute Gasteiger partial charge is 0.317 e. The zero-order valence-corrected chi connectivity index (χ0v) is 11.4. The summed E-state index contributed by atoms with van der Waals surface area (Å²) in [5, 5.41) is 3.45. The van der Waals surface area contributed by atoms with E-state index >= 15 is 0 Å². The number of hydrogen-bond donors (Lipinski definition) is 1. The molecule has 1 saturated carbocycles. The Morgan fingerprint density at radius 2 is 2.19 bits per heavy atom. The van der Waals surface area contributed by atoms with Gasteiger partial charge in [-0.15, -0.1) is 11.3 Å². The van der Waals surface area contributed by atoms with Gasteiger partial charge in [-0.3, -0.25) is 0 Å². The molecule has 3 heteroatoms. The van der Waals surface area contributed by atoms with E-state index in [-0.39, 0.29) is 0 Å². The Hall–Kier alpha value is -0.0500. The van der Waals surface area contributed by atoms with Crippen molar-refractivity contribution in [1.29, 1.82) is 0 Å². The van der Waals surface area contributed by atoms with Crippen molar-refractivity contribution in [2.24, 2.45) is 5.92 Å². The lowest BCUT2D eigenvalue weighted by molar-refractivity contribution is 0.404. The molecule has 0 saturated heterocycles. The van der Waals surface area contributed by atoms with E-state index in [4.69, 9.17) is 11.6 Å². The first kappa shape index (κ1) is 12.4. The van der Waals surface area contributed by atoms with Crippen LogP contribution in [0.2, 0.25) is 4.34 Å². The Labute approximate surface area is 107 Å². The summed E-state index contributed by atoms with van der Waals surface area (Å²) in [5.41, 5.74) is 0. The second-order valence-electron chi connectivity index (χ2n) is 4.78. The molecule has 90 valence electrons. The van der Waals surface area contributed by atoms with Crippen LogP contribution in [0.1, 0.15) is 37.0 Å². The lowest BCUT2D eigenvalue weighted by Crippen LogP contribution is -2.29. The van der Waals surface area contributed by atoms with Gasteiger partial charge in [-0.05, 0) is 37.9 Å². The highest BCUT2D eigenvalue weighted by atomic mass is 35.5. The summed E-state index contributed by atoms with van der Waals surface area (Å²) in [4.78, 5) is 1.40. The summed E-state index contributed by atoms with van der Waals surface area (Å²) in [6, 6.07) is 4.79. The van der Waals surface area contributed by atoms with Crippen molar-refractivity contribution in [3.05, 3.63) is 21.3 Å². The Morgan fingerprint density at radius 1 is 1.44 bits per heavy atom. The van der Waals surface area contributed by atoms with E-state index in [2.05, 4.69) is 18.4 Å². The van der Waals surface area contributed by atoms with E-state index < -0.39 is 0 Å². The molecule has 2 rings (SSSR count). The molecule has 1 heterocycles. The van der Waals surface area contributed by atoms with Gasteiger partial charge in [0.25, 0.3) is 0 Å². The molecule has 1 unspecified atom stereocenters. The fourth-order valence-electron chi connectivity index (χ4n) is 2.66. The van der Waals surface area contributed by atoms with Crippen molar-refractivity contribution < 1.29 is 0 Å². The fourth-order valence-corrected chi connectivity index (χ4v) is 3.82. The van der Waals surface area contributed by atoms with Crippen LogP contribution in [-0.2, 0) is 6.42 Å². The van der Waals surface area contributed by atoms with Gasteiger partial charge in [-0.2, -0.15) is 0 Å². The molecule has 0 bridgehead atoms. The van der Waals surface area contributed by atoms with Crippen molar-refractivity contribution in [3.8, 4) is 0 Å². The first-order valence-electron chi connectivity index (χ1n) is 6.19. The van der Waals surface area contributed by atoms with Gasteiger partial charge in [0.2, 0.25) is 0 Å². The molecule has 1 nitrogen and oxygen atoms in total. The summed E-state index contributed by atoms with van der Waals surface area (Å²) in [5.74, 6) is 0.952. The summed E-state index contributed by atoms with van der Waals surface area (Å²) >= 11 is 7.67. The van der Waals surface area contributed by atoms with Gasteiger partial charge >= 0.3 is 0 Å². The number of rotatable bonds is 5. The quantitative estimate of drug-likeness (QED) is 0.837. The number of hydrogen-bond acceptors (Lipinski definition) is 2. The van der Waals surface area contributed by atoms with Gasteiger partial charge in [0.15, 0.2) is 0 Å². The summed E-state index contributed by atoms with van der Waals surface area (Å²) in [6.45, 7) is 0. The van der Waals surface area contributed by atoms with Crippen LogP contribution in [0.4, 0.5) is 0 Å². The maximum atomic E-state index is 5.96. The molecule has 0 spiro atoms. The van der Waals surface area contributed by atoms with Crippen LogP contribution < -0.4 is 5.32 Å². The van der Waals surface area contributed by atoms with Gasteiger partial charge in [0.1, 0.15) is 0 Å². The standard InChI is InChI=1S/C13H20ClNS/c1-15-11(8-10-4-2-3-5-10)9-12-6-7-13(14)16-12/h6-7,10-11,15H,2-5,8-9H2,1H3. The molecule has 1 aliphatic rings. The SMILES string of the molecule is CNC(Cc1ccc(Cl)s1)CC1CCCC1. The summed E-state index contributed by atoms with van der Waals surface area (Å²) < 4.78 is 0.908. The van der Waals surface area contributed by atoms with Crippen LogP contribution in [0.25, 0.3) is 0 Å². The lowest BCUT2D eigenvalue weighted by Gasteiger charge is -2.19. The van der Waals surface area contributed by atoms with Gasteiger partial charge in [0, 0.05) is 10.9 Å². The molecule has 0 aromatic carbocycles. The Kier molecular flexibility index (Phi) is 4.68. The Balaban J connectivity index is 1.84. The van der Waals surface area contributed by atoms with Crippen molar-refractivity contribution in [3.63, 3.8) is 0 Å². The van der Waals surface area contributed by atoms with Crippen molar-refractivity contribution >= 4 is 22.9 Å². The molecule has 0 aliphatic heterocycles. The highest BCUT2D eigenvalue weighted by Crippen LogP contribution is 2.30. The third-order valence-electron chi connectivity index (χ3n) is 3.58. The Morgan fingerprint density at radius 3 is 2.75 bits per heavy atom. The van der Waals surface area contributed by atoms with Crippen LogP contribution in [0, 0.1) is 5.92 Å². The van der Waals surface area contributed by atoms with Crippen LogP contribution in [0.15, 0.2) is 12.1 Å². The first-order chi connectivity index (χ1) is 7.78. The monoisotopic (exact) mass is 257 g/mol. The minimum absolute atomic E-state index is 0.623. The number of nitrogens with one attached hydrogen (secondary N) is 1. The van der Waals surface area contributed by atoms with Crippen LogP contribution in [0.5, 0.6) is 0 Å². The number of likely N-dealkylation sites (N-methyl/N-ethyl adjacent to an activating group) is 1. The van der Waals surface area contributed by atoms with E-state index in [0.29, 0.717) is 6.04 Å². The highest BCUT2D eigenvalue weighted by molar-refractivity contribution is 7.16. The van der Waals surface area contributed by atoms with Crippen LogP contribution >= 0.6 is 22.9 Å². The second kappa shape index (κ2) is 6.04. The zero-order chi connectivity index (χ0) is 11.4. The lowest BCUT2D eigenvalue weighted by atomic mass is 9.96. The van der Waals surface area contributed by atoms with Crippen LogP contribution in [-0.4, -0.2) is 13.1 Å². The van der Waals surface area contributed by atoms with Gasteiger partial charge < -0.3 is 5.32 Å². The summed E-state index contributed by atoms with van der Waals surface area (Å²) in [7, 11) is 2.08. The molecule has 1 aromatic rings. The van der Waals surface area contributed by atoms with Crippen LogP contribution in [0.3, 0.4) is 0 Å². The van der Waals surface area contributed by atoms with Crippen molar-refractivity contribution in [1.82, 2.24) is 5.32 Å². The molecule has 1 N–H and O–H groups in total. The van der Waals surface area contributed by atoms with E-state index in [0.717, 1.165) is 16.7 Å². The predicted octanol–water partition coefficient (Wildman–Crippen LogP) is 4.11. The minimum Gasteiger partial charge on any atom is -0.317 e. The van der Waals surface area contributed by atoms with Crippen molar-refractivity contribution in [2.75, 3.05) is 7.05 Å². The molecule has 1 aromatic heterocycles. The van der Waals surface area contributed by atoms with E-state index in [1.54, 1.807) is 11.3 Å². The van der Waals surface area contributed by atoms with Gasteiger partial charge in [0.05, 0.1) is 4.34 Å². The second-order valence-corrected chi connectivity index (χ2v) is 6.58. The average Bonchev–Trinajstić information content (AvgIpc) is 2.89. The van der Waals surface area contributed by atoms with E-state index in [1.165, 1.54) is 37.0 Å². The third-order valence-corrected chi connectivity index (χ3v) is 4.83. The molecular weight excluding hydrogens is 238 g/mol. The normalized spacial score (nSPS) is 19.1. The maximum absolute atomic E-state index is 5.96. The topological polar surface area (TPSA) is 12.0 Å². The molecule has 0 radical (unpaired) electrons. The molecule has 1 aliphatic carbocycles. The zero-order valence-electron chi connectivity index (χ0n) is 9.84.